The highest BCUT2D eigenvalue weighted by molar-refractivity contribution is 6.09. The third-order valence-corrected chi connectivity index (χ3v) is 7.34. The average Bonchev–Trinajstić information content (AvgIpc) is 3.05. The highest BCUT2D eigenvalue weighted by Crippen LogP contribution is 2.32. The summed E-state index contributed by atoms with van der Waals surface area (Å²) in [5, 5.41) is 10.2. The summed E-state index contributed by atoms with van der Waals surface area (Å²) >= 11 is 0. The first-order valence-electron chi connectivity index (χ1n) is 14.1. The molecule has 0 aromatic heterocycles. The summed E-state index contributed by atoms with van der Waals surface area (Å²) in [6, 6.07) is 15.5. The Morgan fingerprint density at radius 1 is 0.814 bits per heavy atom. The van der Waals surface area contributed by atoms with Crippen molar-refractivity contribution in [2.45, 2.75) is 6.92 Å². The van der Waals surface area contributed by atoms with Crippen LogP contribution in [0, 0.1) is 0 Å². The average molecular weight is 587 g/mol. The predicted molar refractivity (Wildman–Crippen MR) is 167 cm³/mol. The number of benzene rings is 3. The molecule has 0 spiro atoms. The molecular weight excluding hydrogens is 548 g/mol. The van der Waals surface area contributed by atoms with Gasteiger partial charge in [-0.15, -0.1) is 0 Å². The van der Waals surface area contributed by atoms with Crippen LogP contribution in [-0.2, 0) is 4.79 Å². The van der Waals surface area contributed by atoms with Gasteiger partial charge in [0.25, 0.3) is 5.91 Å². The van der Waals surface area contributed by atoms with Crippen molar-refractivity contribution < 1.29 is 33.6 Å². The van der Waals surface area contributed by atoms with Crippen LogP contribution in [-0.4, -0.2) is 87.3 Å². The Bertz CT molecular complexity index is 1470. The Morgan fingerprint density at radius 2 is 1.51 bits per heavy atom. The maximum atomic E-state index is 12.9. The number of ether oxygens (including phenoxy) is 4. The summed E-state index contributed by atoms with van der Waals surface area (Å²) in [5.41, 5.74) is 2.45. The first kappa shape index (κ1) is 31.2. The Labute approximate surface area is 252 Å². The second-order valence-electron chi connectivity index (χ2n) is 9.92. The van der Waals surface area contributed by atoms with Crippen molar-refractivity contribution in [1.82, 2.24) is 9.80 Å². The summed E-state index contributed by atoms with van der Waals surface area (Å²) in [4.78, 5) is 29.7. The summed E-state index contributed by atoms with van der Waals surface area (Å²) in [6.07, 6.45) is 6.85. The monoisotopic (exact) mass is 586 g/mol. The van der Waals surface area contributed by atoms with E-state index in [9.17, 15) is 14.7 Å². The van der Waals surface area contributed by atoms with Crippen molar-refractivity contribution in [3.05, 3.63) is 82.9 Å². The van der Waals surface area contributed by atoms with Crippen LogP contribution in [0.5, 0.6) is 28.7 Å². The van der Waals surface area contributed by atoms with Crippen molar-refractivity contribution in [2.75, 3.05) is 60.7 Å². The number of allylic oxidation sites excluding steroid dienone is 1. The van der Waals surface area contributed by atoms with E-state index in [0.29, 0.717) is 28.6 Å². The van der Waals surface area contributed by atoms with Crippen LogP contribution in [0.3, 0.4) is 0 Å². The molecule has 9 nitrogen and oxygen atoms in total. The standard InChI is InChI=1S/C34H38N2O7/c1-5-35-16-18-36(19-17-35)34(39)23-43-26-10-7-24(8-11-26)6-9-25-20-28(41-3)22-33(42-4)29(25)13-15-32(38)30-21-27(40-2)12-14-31(30)37/h6-15,20-22,37H,5,16-19,23H2,1-4H3/b9-6+,15-13?. The van der Waals surface area contributed by atoms with E-state index in [1.807, 2.05) is 47.4 Å². The molecule has 0 atom stereocenters. The van der Waals surface area contributed by atoms with Crippen molar-refractivity contribution in [3.8, 4) is 28.7 Å². The van der Waals surface area contributed by atoms with E-state index in [1.54, 1.807) is 32.4 Å². The lowest BCUT2D eigenvalue weighted by atomic mass is 10.0. The van der Waals surface area contributed by atoms with Crippen LogP contribution in [0.4, 0.5) is 0 Å². The molecule has 226 valence electrons. The van der Waals surface area contributed by atoms with Gasteiger partial charge in [-0.2, -0.15) is 0 Å². The normalized spacial score (nSPS) is 13.8. The van der Waals surface area contributed by atoms with Crippen LogP contribution in [0.1, 0.15) is 34.0 Å². The highest BCUT2D eigenvalue weighted by Gasteiger charge is 2.20. The van der Waals surface area contributed by atoms with Gasteiger partial charge in [0.05, 0.1) is 26.9 Å². The summed E-state index contributed by atoms with van der Waals surface area (Å²) in [6.45, 7) is 6.37. The molecule has 0 aliphatic carbocycles. The van der Waals surface area contributed by atoms with E-state index in [4.69, 9.17) is 18.9 Å². The van der Waals surface area contributed by atoms with E-state index >= 15 is 0 Å². The molecule has 0 bridgehead atoms. The van der Waals surface area contributed by atoms with Crippen molar-refractivity contribution in [3.63, 3.8) is 0 Å². The molecule has 1 amide bonds. The van der Waals surface area contributed by atoms with Gasteiger partial charge in [-0.3, -0.25) is 9.59 Å². The van der Waals surface area contributed by atoms with Crippen LogP contribution in [0.25, 0.3) is 18.2 Å². The lowest BCUT2D eigenvalue weighted by Gasteiger charge is -2.33. The van der Waals surface area contributed by atoms with E-state index in [-0.39, 0.29) is 29.6 Å². The first-order chi connectivity index (χ1) is 20.8. The summed E-state index contributed by atoms with van der Waals surface area (Å²) < 4.78 is 22.0. The Hall–Kier alpha value is -4.76. The molecule has 9 heteroatoms. The molecule has 1 saturated heterocycles. The number of ketones is 1. The molecular formula is C34H38N2O7. The van der Waals surface area contributed by atoms with Gasteiger partial charge in [-0.05, 0) is 66.2 Å². The van der Waals surface area contributed by atoms with Crippen LogP contribution < -0.4 is 18.9 Å². The van der Waals surface area contributed by atoms with Crippen LogP contribution in [0.2, 0.25) is 0 Å². The molecule has 4 rings (SSSR count). The number of methoxy groups -OCH3 is 3. The maximum Gasteiger partial charge on any atom is 0.260 e. The summed E-state index contributed by atoms with van der Waals surface area (Å²) in [7, 11) is 4.61. The largest absolute Gasteiger partial charge is 0.507 e. The topological polar surface area (TPSA) is 97.8 Å². The first-order valence-corrected chi connectivity index (χ1v) is 14.1. The number of carbonyl (C=O) groups excluding carboxylic acids is 2. The fourth-order valence-corrected chi connectivity index (χ4v) is 4.72. The fraction of sp³-hybridized carbons (Fsp3) is 0.294. The number of amides is 1. The minimum absolute atomic E-state index is 0.00681. The second-order valence-corrected chi connectivity index (χ2v) is 9.92. The summed E-state index contributed by atoms with van der Waals surface area (Å²) in [5.74, 6) is 1.66. The van der Waals surface area contributed by atoms with Gasteiger partial charge < -0.3 is 33.9 Å². The number of nitrogens with zero attached hydrogens (tertiary/aromatic N) is 2. The quantitative estimate of drug-likeness (QED) is 0.179. The maximum absolute atomic E-state index is 12.9. The Morgan fingerprint density at radius 3 is 2.16 bits per heavy atom. The van der Waals surface area contributed by atoms with Gasteiger partial charge in [-0.1, -0.05) is 31.2 Å². The van der Waals surface area contributed by atoms with Gasteiger partial charge in [0.1, 0.15) is 28.7 Å². The molecule has 1 fully saturated rings. The van der Waals surface area contributed by atoms with Gasteiger partial charge in [0, 0.05) is 37.8 Å². The number of likely N-dealkylation sites (N-methyl/N-ethyl adjacent to an activating group) is 1. The van der Waals surface area contributed by atoms with E-state index in [0.717, 1.165) is 43.9 Å². The zero-order valence-corrected chi connectivity index (χ0v) is 25.0. The molecule has 0 radical (unpaired) electrons. The van der Waals surface area contributed by atoms with Crippen molar-refractivity contribution >= 4 is 29.9 Å². The molecule has 1 N–H and O–H groups in total. The number of piperazine rings is 1. The number of carbonyl (C=O) groups is 2. The highest BCUT2D eigenvalue weighted by atomic mass is 16.5. The molecule has 43 heavy (non-hydrogen) atoms. The van der Waals surface area contributed by atoms with Gasteiger partial charge in [-0.25, -0.2) is 0 Å². The SMILES string of the molecule is CCN1CCN(C(=O)COc2ccc(/C=C/c3cc(OC)cc(OC)c3C=CC(=O)c3cc(OC)ccc3O)cc2)CC1. The number of hydrogen-bond acceptors (Lipinski definition) is 8. The predicted octanol–water partition coefficient (Wildman–Crippen LogP) is 5.03. The minimum atomic E-state index is -0.388. The number of phenols is 1. The molecule has 0 unspecified atom stereocenters. The third-order valence-electron chi connectivity index (χ3n) is 7.34. The zero-order valence-electron chi connectivity index (χ0n) is 25.0. The minimum Gasteiger partial charge on any atom is -0.507 e. The third kappa shape index (κ3) is 8.17. The van der Waals surface area contributed by atoms with E-state index in [1.165, 1.54) is 25.3 Å². The molecule has 1 aliphatic rings. The lowest BCUT2D eigenvalue weighted by molar-refractivity contribution is -0.135. The number of phenolic OH excluding ortho intramolecular Hbond substituents is 1. The van der Waals surface area contributed by atoms with E-state index in [2.05, 4.69) is 11.8 Å². The molecule has 0 saturated carbocycles. The molecule has 3 aromatic carbocycles. The van der Waals surface area contributed by atoms with Crippen LogP contribution in [0.15, 0.2) is 60.7 Å². The number of rotatable bonds is 12. The lowest BCUT2D eigenvalue weighted by Crippen LogP contribution is -2.49. The fourth-order valence-electron chi connectivity index (χ4n) is 4.72. The van der Waals surface area contributed by atoms with Crippen molar-refractivity contribution in [1.29, 1.82) is 0 Å². The number of aromatic hydroxyl groups is 1. The Kier molecular flexibility index (Phi) is 10.8. The van der Waals surface area contributed by atoms with Gasteiger partial charge >= 0.3 is 0 Å². The van der Waals surface area contributed by atoms with Gasteiger partial charge in [0.15, 0.2) is 12.4 Å². The van der Waals surface area contributed by atoms with Gasteiger partial charge in [0.2, 0.25) is 0 Å². The van der Waals surface area contributed by atoms with Crippen LogP contribution >= 0.6 is 0 Å². The molecule has 3 aromatic rings. The van der Waals surface area contributed by atoms with Crippen molar-refractivity contribution in [2.24, 2.45) is 0 Å². The molecule has 1 heterocycles. The smallest absolute Gasteiger partial charge is 0.260 e. The zero-order chi connectivity index (χ0) is 30.8. The second kappa shape index (κ2) is 14.9. The number of hydrogen-bond donors (Lipinski definition) is 1. The van der Waals surface area contributed by atoms with E-state index < -0.39 is 0 Å². The molecule has 1 aliphatic heterocycles. The Balaban J connectivity index is 1.47.